The second kappa shape index (κ2) is 9.70. The molecule has 1 fully saturated rings. The number of cyclic esters (lactones) is 1. The van der Waals surface area contributed by atoms with E-state index in [2.05, 4.69) is 15.3 Å². The fourth-order valence-corrected chi connectivity index (χ4v) is 4.08. The monoisotopic (exact) mass is 466 g/mol. The maximum absolute atomic E-state index is 12.4. The normalized spacial score (nSPS) is 18.1. The number of aliphatic hydroxyl groups excluding tert-OH is 1. The Balaban J connectivity index is 1.15. The molecule has 4 heterocycles. The third-order valence-corrected chi connectivity index (χ3v) is 5.88. The molecule has 2 N–H and O–H groups in total. The van der Waals surface area contributed by atoms with Crippen LogP contribution >= 0.6 is 0 Å². The van der Waals surface area contributed by atoms with Crippen LogP contribution in [0.25, 0.3) is 11.0 Å². The van der Waals surface area contributed by atoms with Gasteiger partial charge >= 0.3 is 6.09 Å². The summed E-state index contributed by atoms with van der Waals surface area (Å²) in [5.74, 6) is 1.78. The number of benzene rings is 1. The minimum Gasteiger partial charge on any atom is -0.486 e. The largest absolute Gasteiger partial charge is 0.486 e. The van der Waals surface area contributed by atoms with E-state index >= 15 is 0 Å². The molecule has 0 unspecified atom stereocenters. The molecule has 34 heavy (non-hydrogen) atoms. The summed E-state index contributed by atoms with van der Waals surface area (Å²) in [7, 11) is 1.58. The summed E-state index contributed by atoms with van der Waals surface area (Å²) in [6, 6.07) is 10.9. The number of aliphatic hydroxyl groups is 1. The van der Waals surface area contributed by atoms with Gasteiger partial charge in [-0.2, -0.15) is 0 Å². The first kappa shape index (κ1) is 22.2. The molecule has 2 aromatic heterocycles. The number of pyridine rings is 2. The number of nitrogens with zero attached hydrogens (tertiary/aromatic N) is 3. The highest BCUT2D eigenvalue weighted by molar-refractivity contribution is 5.90. The van der Waals surface area contributed by atoms with E-state index in [1.165, 1.54) is 4.90 Å². The van der Waals surface area contributed by atoms with Gasteiger partial charge in [-0.15, -0.1) is 0 Å². The lowest BCUT2D eigenvalue weighted by molar-refractivity contribution is 0.0333. The van der Waals surface area contributed by atoms with Crippen molar-refractivity contribution in [3.8, 4) is 17.4 Å². The molecule has 0 spiro atoms. The van der Waals surface area contributed by atoms with E-state index in [1.54, 1.807) is 37.6 Å². The first-order valence-corrected chi connectivity index (χ1v) is 11.2. The summed E-state index contributed by atoms with van der Waals surface area (Å²) in [5, 5.41) is 13.8. The van der Waals surface area contributed by atoms with Crippen molar-refractivity contribution in [1.82, 2.24) is 15.3 Å². The summed E-state index contributed by atoms with van der Waals surface area (Å²) in [6.07, 6.45) is 0.466. The van der Waals surface area contributed by atoms with Crippen LogP contribution in [0.4, 0.5) is 10.5 Å². The van der Waals surface area contributed by atoms with Crippen molar-refractivity contribution in [3.63, 3.8) is 0 Å². The van der Waals surface area contributed by atoms with E-state index in [4.69, 9.17) is 18.9 Å². The number of carbonyl (C=O) groups is 1. The van der Waals surface area contributed by atoms with Gasteiger partial charge in [-0.25, -0.2) is 9.78 Å². The van der Waals surface area contributed by atoms with E-state index in [1.807, 2.05) is 12.1 Å². The summed E-state index contributed by atoms with van der Waals surface area (Å²) in [5.41, 5.74) is 3.27. The Morgan fingerprint density at radius 2 is 2.06 bits per heavy atom. The van der Waals surface area contributed by atoms with Gasteiger partial charge in [0.1, 0.15) is 25.4 Å². The number of amides is 1. The highest BCUT2D eigenvalue weighted by Gasteiger charge is 2.37. The zero-order valence-electron chi connectivity index (χ0n) is 18.8. The maximum atomic E-state index is 12.4. The molecule has 2 aliphatic heterocycles. The van der Waals surface area contributed by atoms with Crippen LogP contribution in [-0.4, -0.2) is 73.3 Å². The fraction of sp³-hybridized carbons (Fsp3) is 0.375. The molecule has 1 aromatic carbocycles. The first-order chi connectivity index (χ1) is 16.6. The van der Waals surface area contributed by atoms with Gasteiger partial charge < -0.3 is 29.4 Å². The van der Waals surface area contributed by atoms with Crippen LogP contribution in [0.1, 0.15) is 5.56 Å². The number of hydrogen-bond donors (Lipinski definition) is 2. The standard InChI is InChI=1S/C24H26N4O6/c1-31-22-5-3-17-23(27-22)15(7-9-26-17)6-8-25-13-18(29)21-14-28(24(30)34-21)16-2-4-19-20(12-16)33-11-10-32-19/h2-5,7,9,12,18,21,25,29H,6,8,10-11,13-14H2,1H3/t18-,21-/m0/s1. The Kier molecular flexibility index (Phi) is 6.33. The number of ether oxygens (including phenoxy) is 4. The minimum absolute atomic E-state index is 0.250. The number of rotatable bonds is 8. The minimum atomic E-state index is -0.849. The lowest BCUT2D eigenvalue weighted by atomic mass is 10.1. The van der Waals surface area contributed by atoms with Crippen molar-refractivity contribution >= 4 is 22.8 Å². The van der Waals surface area contributed by atoms with Crippen molar-refractivity contribution in [1.29, 1.82) is 0 Å². The Morgan fingerprint density at radius 1 is 1.21 bits per heavy atom. The molecule has 2 aliphatic rings. The van der Waals surface area contributed by atoms with Gasteiger partial charge in [0.15, 0.2) is 11.5 Å². The van der Waals surface area contributed by atoms with Gasteiger partial charge in [-0.05, 0) is 42.8 Å². The molecular weight excluding hydrogens is 440 g/mol. The highest BCUT2D eigenvalue weighted by atomic mass is 16.6. The molecule has 2 atom stereocenters. The summed E-state index contributed by atoms with van der Waals surface area (Å²) in [4.78, 5) is 22.8. The molecule has 1 saturated heterocycles. The Labute approximate surface area is 196 Å². The smallest absolute Gasteiger partial charge is 0.414 e. The molecule has 1 amide bonds. The number of fused-ring (bicyclic) bond motifs is 2. The molecule has 0 radical (unpaired) electrons. The molecule has 0 saturated carbocycles. The predicted molar refractivity (Wildman–Crippen MR) is 124 cm³/mol. The lowest BCUT2D eigenvalue weighted by Gasteiger charge is -2.21. The summed E-state index contributed by atoms with van der Waals surface area (Å²) < 4.78 is 21.8. The quantitative estimate of drug-likeness (QED) is 0.481. The number of hydrogen-bond acceptors (Lipinski definition) is 9. The molecule has 10 nitrogen and oxygen atoms in total. The Morgan fingerprint density at radius 3 is 2.91 bits per heavy atom. The van der Waals surface area contributed by atoms with E-state index in [-0.39, 0.29) is 13.1 Å². The SMILES string of the molecule is COc1ccc2nccc(CCNC[C@H](O)[C@@H]3CN(c4ccc5c(c4)OCCO5)C(=O)O3)c2n1. The van der Waals surface area contributed by atoms with Crippen molar-refractivity contribution < 1.29 is 28.8 Å². The molecule has 10 heteroatoms. The molecule has 0 aliphatic carbocycles. The molecule has 5 rings (SSSR count). The number of methoxy groups -OCH3 is 1. The molecule has 3 aromatic rings. The molecule has 178 valence electrons. The van der Waals surface area contributed by atoms with Crippen molar-refractivity contribution in [2.45, 2.75) is 18.6 Å². The van der Waals surface area contributed by atoms with E-state index in [0.717, 1.165) is 16.6 Å². The zero-order chi connectivity index (χ0) is 23.5. The van der Waals surface area contributed by atoms with Crippen LogP contribution in [0.15, 0.2) is 42.6 Å². The summed E-state index contributed by atoms with van der Waals surface area (Å²) in [6.45, 7) is 2.11. The fourth-order valence-electron chi connectivity index (χ4n) is 4.08. The number of aromatic nitrogens is 2. The van der Waals surface area contributed by atoms with Gasteiger partial charge in [0.25, 0.3) is 0 Å². The van der Waals surface area contributed by atoms with Gasteiger partial charge in [0, 0.05) is 24.9 Å². The zero-order valence-corrected chi connectivity index (χ0v) is 18.8. The summed E-state index contributed by atoms with van der Waals surface area (Å²) >= 11 is 0. The van der Waals surface area contributed by atoms with E-state index in [0.29, 0.717) is 49.2 Å². The van der Waals surface area contributed by atoms with Crippen LogP contribution in [0.2, 0.25) is 0 Å². The van der Waals surface area contributed by atoms with E-state index in [9.17, 15) is 9.90 Å². The lowest BCUT2D eigenvalue weighted by Crippen LogP contribution is -2.39. The van der Waals surface area contributed by atoms with Crippen LogP contribution < -0.4 is 24.4 Å². The second-order valence-electron chi connectivity index (χ2n) is 8.07. The van der Waals surface area contributed by atoms with Crippen LogP contribution in [-0.2, 0) is 11.2 Å². The molecule has 0 bridgehead atoms. The van der Waals surface area contributed by atoms with Gasteiger partial charge in [0.05, 0.1) is 30.4 Å². The molecular formula is C24H26N4O6. The third-order valence-electron chi connectivity index (χ3n) is 5.88. The van der Waals surface area contributed by atoms with Gasteiger partial charge in [0.2, 0.25) is 5.88 Å². The predicted octanol–water partition coefficient (Wildman–Crippen LogP) is 1.93. The third kappa shape index (κ3) is 4.55. The van der Waals surface area contributed by atoms with Crippen LogP contribution in [0.5, 0.6) is 17.4 Å². The van der Waals surface area contributed by atoms with Gasteiger partial charge in [-0.3, -0.25) is 9.88 Å². The van der Waals surface area contributed by atoms with Crippen LogP contribution in [0, 0.1) is 0 Å². The average Bonchev–Trinajstić information content (AvgIpc) is 3.27. The number of anilines is 1. The second-order valence-corrected chi connectivity index (χ2v) is 8.07. The first-order valence-electron chi connectivity index (χ1n) is 11.2. The van der Waals surface area contributed by atoms with E-state index < -0.39 is 18.3 Å². The Hall–Kier alpha value is -3.63. The van der Waals surface area contributed by atoms with Crippen LogP contribution in [0.3, 0.4) is 0 Å². The Bertz CT molecular complexity index is 1190. The van der Waals surface area contributed by atoms with Crippen molar-refractivity contribution in [2.24, 2.45) is 0 Å². The number of carbonyl (C=O) groups excluding carboxylic acids is 1. The number of nitrogens with one attached hydrogen (secondary N) is 1. The average molecular weight is 466 g/mol. The topological polar surface area (TPSA) is 115 Å². The maximum Gasteiger partial charge on any atom is 0.414 e. The van der Waals surface area contributed by atoms with Gasteiger partial charge in [-0.1, -0.05) is 0 Å². The van der Waals surface area contributed by atoms with Crippen molar-refractivity contribution in [2.75, 3.05) is 44.9 Å². The van der Waals surface area contributed by atoms with Crippen molar-refractivity contribution in [3.05, 3.63) is 48.2 Å². The highest BCUT2D eigenvalue weighted by Crippen LogP contribution is 2.35.